The first-order chi connectivity index (χ1) is 14.7. The fraction of sp³-hybridized carbons (Fsp3) is 0.348. The second kappa shape index (κ2) is 9.07. The van der Waals surface area contributed by atoms with E-state index in [1.807, 2.05) is 31.2 Å². The molecule has 3 rings (SSSR count). The molecule has 1 aromatic carbocycles. The molecule has 31 heavy (non-hydrogen) atoms. The summed E-state index contributed by atoms with van der Waals surface area (Å²) in [5, 5.41) is 9.38. The number of furan rings is 1. The van der Waals surface area contributed by atoms with Crippen LogP contribution in [-0.4, -0.2) is 28.6 Å². The largest absolute Gasteiger partial charge is 0.486 e. The van der Waals surface area contributed by atoms with Crippen LogP contribution < -0.4 is 15.4 Å². The molecule has 0 saturated heterocycles. The maximum absolute atomic E-state index is 12.6. The highest BCUT2D eigenvalue weighted by atomic mass is 16.5. The molecule has 0 atom stereocenters. The van der Waals surface area contributed by atoms with Crippen LogP contribution in [0, 0.1) is 0 Å². The minimum Gasteiger partial charge on any atom is -0.486 e. The number of anilines is 1. The Morgan fingerprint density at radius 2 is 1.81 bits per heavy atom. The molecular weight excluding hydrogens is 396 g/mol. The lowest BCUT2D eigenvalue weighted by molar-refractivity contribution is 0.0958. The maximum Gasteiger partial charge on any atom is 0.291 e. The van der Waals surface area contributed by atoms with Gasteiger partial charge in [0.2, 0.25) is 0 Å². The fourth-order valence-corrected chi connectivity index (χ4v) is 2.93. The zero-order valence-electron chi connectivity index (χ0n) is 18.5. The summed E-state index contributed by atoms with van der Waals surface area (Å²) in [4.78, 5) is 24.6. The number of carbonyl (C=O) groups excluding carboxylic acids is 2. The van der Waals surface area contributed by atoms with Gasteiger partial charge in [0, 0.05) is 19.8 Å². The lowest BCUT2D eigenvalue weighted by Crippen LogP contribution is -2.21. The van der Waals surface area contributed by atoms with Crippen LogP contribution in [0.2, 0.25) is 0 Å². The zero-order valence-corrected chi connectivity index (χ0v) is 18.5. The summed E-state index contributed by atoms with van der Waals surface area (Å²) < 4.78 is 13.0. The number of benzene rings is 1. The van der Waals surface area contributed by atoms with E-state index < -0.39 is 5.91 Å². The van der Waals surface area contributed by atoms with Crippen LogP contribution in [0.3, 0.4) is 0 Å². The van der Waals surface area contributed by atoms with Crippen molar-refractivity contribution in [2.75, 3.05) is 12.4 Å². The summed E-state index contributed by atoms with van der Waals surface area (Å²) in [7, 11) is 1.51. The molecule has 2 aromatic heterocycles. The predicted octanol–water partition coefficient (Wildman–Crippen LogP) is 3.98. The molecule has 0 fully saturated rings. The van der Waals surface area contributed by atoms with Crippen molar-refractivity contribution >= 4 is 17.5 Å². The number of rotatable bonds is 7. The molecule has 2 amide bonds. The van der Waals surface area contributed by atoms with Crippen LogP contribution in [-0.2, 0) is 18.6 Å². The van der Waals surface area contributed by atoms with Crippen molar-refractivity contribution in [3.63, 3.8) is 0 Å². The number of ether oxygens (including phenoxy) is 1. The summed E-state index contributed by atoms with van der Waals surface area (Å²) >= 11 is 0. The van der Waals surface area contributed by atoms with Gasteiger partial charge in [-0.25, -0.2) is 0 Å². The van der Waals surface area contributed by atoms with E-state index in [2.05, 4.69) is 36.5 Å². The smallest absolute Gasteiger partial charge is 0.291 e. The number of amides is 2. The van der Waals surface area contributed by atoms with E-state index in [0.717, 1.165) is 5.75 Å². The molecule has 0 saturated carbocycles. The summed E-state index contributed by atoms with van der Waals surface area (Å²) in [5.74, 6) is 0.502. The summed E-state index contributed by atoms with van der Waals surface area (Å²) in [6.07, 6.45) is 1.61. The van der Waals surface area contributed by atoms with Gasteiger partial charge in [-0.15, -0.1) is 0 Å². The van der Waals surface area contributed by atoms with E-state index >= 15 is 0 Å². The summed E-state index contributed by atoms with van der Waals surface area (Å²) in [6, 6.07) is 11.2. The van der Waals surface area contributed by atoms with Gasteiger partial charge in [-0.2, -0.15) is 5.10 Å². The third-order valence-corrected chi connectivity index (χ3v) is 4.76. The number of aryl methyl sites for hydroxylation is 1. The number of hydrogen-bond donors (Lipinski definition) is 2. The average molecular weight is 425 g/mol. The first kappa shape index (κ1) is 22.1. The van der Waals surface area contributed by atoms with Gasteiger partial charge in [0.15, 0.2) is 11.5 Å². The van der Waals surface area contributed by atoms with Gasteiger partial charge in [-0.1, -0.05) is 32.9 Å². The van der Waals surface area contributed by atoms with Crippen LogP contribution in [0.1, 0.15) is 60.1 Å². The van der Waals surface area contributed by atoms with E-state index in [4.69, 9.17) is 9.15 Å². The Hall–Kier alpha value is -3.55. The van der Waals surface area contributed by atoms with Crippen molar-refractivity contribution in [1.29, 1.82) is 0 Å². The Morgan fingerprint density at radius 1 is 1.10 bits per heavy atom. The van der Waals surface area contributed by atoms with Gasteiger partial charge < -0.3 is 19.8 Å². The molecule has 0 aliphatic heterocycles. The monoisotopic (exact) mass is 424 g/mol. The summed E-state index contributed by atoms with van der Waals surface area (Å²) in [5.41, 5.74) is 1.76. The van der Waals surface area contributed by atoms with E-state index in [1.54, 1.807) is 23.0 Å². The average Bonchev–Trinajstić information content (AvgIpc) is 3.38. The van der Waals surface area contributed by atoms with Gasteiger partial charge in [0.05, 0.1) is 5.69 Å². The number of carbonyl (C=O) groups is 2. The highest BCUT2D eigenvalue weighted by Gasteiger charge is 2.20. The van der Waals surface area contributed by atoms with Gasteiger partial charge in [0.1, 0.15) is 18.1 Å². The van der Waals surface area contributed by atoms with E-state index in [0.29, 0.717) is 18.0 Å². The standard InChI is InChI=1S/C23H28N4O4/c1-6-27-13-18(20(26-27)22(29)24-5)25-21(28)19-12-11-17(31-19)14-30-16-9-7-15(8-10-16)23(2,3)4/h7-13H,6,14H2,1-5H3,(H,24,29)(H,25,28). The molecule has 0 aliphatic rings. The molecule has 2 N–H and O–H groups in total. The molecule has 8 nitrogen and oxygen atoms in total. The minimum atomic E-state index is -0.471. The highest BCUT2D eigenvalue weighted by Crippen LogP contribution is 2.25. The van der Waals surface area contributed by atoms with Crippen molar-refractivity contribution in [2.45, 2.75) is 46.3 Å². The van der Waals surface area contributed by atoms with Crippen molar-refractivity contribution in [3.05, 3.63) is 65.4 Å². The summed E-state index contributed by atoms with van der Waals surface area (Å²) in [6.45, 7) is 9.12. The van der Waals surface area contributed by atoms with Gasteiger partial charge in [-0.05, 0) is 42.2 Å². The molecular formula is C23H28N4O4. The second-order valence-electron chi connectivity index (χ2n) is 8.11. The van der Waals surface area contributed by atoms with Crippen LogP contribution in [0.15, 0.2) is 47.0 Å². The lowest BCUT2D eigenvalue weighted by atomic mass is 9.87. The van der Waals surface area contributed by atoms with Crippen LogP contribution in [0.5, 0.6) is 5.75 Å². The van der Waals surface area contributed by atoms with Crippen molar-refractivity contribution in [1.82, 2.24) is 15.1 Å². The Balaban J connectivity index is 1.64. The Morgan fingerprint density at radius 3 is 2.42 bits per heavy atom. The van der Waals surface area contributed by atoms with Gasteiger partial charge in [-0.3, -0.25) is 14.3 Å². The van der Waals surface area contributed by atoms with Crippen LogP contribution in [0.25, 0.3) is 0 Å². The maximum atomic E-state index is 12.6. The molecule has 0 aliphatic carbocycles. The Kier molecular flexibility index (Phi) is 6.48. The highest BCUT2D eigenvalue weighted by molar-refractivity contribution is 6.06. The molecule has 0 spiro atoms. The first-order valence-electron chi connectivity index (χ1n) is 10.1. The van der Waals surface area contributed by atoms with Crippen molar-refractivity contribution < 1.29 is 18.7 Å². The van der Waals surface area contributed by atoms with E-state index in [-0.39, 0.29) is 29.4 Å². The third kappa shape index (κ3) is 5.33. The van der Waals surface area contributed by atoms with Crippen LogP contribution >= 0.6 is 0 Å². The van der Waals surface area contributed by atoms with Crippen molar-refractivity contribution in [3.8, 4) is 5.75 Å². The first-order valence-corrected chi connectivity index (χ1v) is 10.1. The Bertz CT molecular complexity index is 1060. The number of nitrogens with one attached hydrogen (secondary N) is 2. The molecule has 8 heteroatoms. The second-order valence-corrected chi connectivity index (χ2v) is 8.11. The topological polar surface area (TPSA) is 98.4 Å². The molecule has 0 unspecified atom stereocenters. The van der Waals surface area contributed by atoms with Gasteiger partial charge in [0.25, 0.3) is 11.8 Å². The van der Waals surface area contributed by atoms with Crippen molar-refractivity contribution in [2.24, 2.45) is 0 Å². The minimum absolute atomic E-state index is 0.0765. The van der Waals surface area contributed by atoms with E-state index in [1.165, 1.54) is 12.6 Å². The fourth-order valence-electron chi connectivity index (χ4n) is 2.93. The van der Waals surface area contributed by atoms with E-state index in [9.17, 15) is 9.59 Å². The predicted molar refractivity (Wildman–Crippen MR) is 117 cm³/mol. The van der Waals surface area contributed by atoms with Crippen LogP contribution in [0.4, 0.5) is 5.69 Å². The molecule has 0 radical (unpaired) electrons. The Labute approximate surface area is 181 Å². The molecule has 2 heterocycles. The number of aromatic nitrogens is 2. The number of hydrogen-bond acceptors (Lipinski definition) is 5. The number of nitrogens with zero attached hydrogens (tertiary/aromatic N) is 2. The third-order valence-electron chi connectivity index (χ3n) is 4.76. The molecule has 0 bridgehead atoms. The molecule has 164 valence electrons. The normalized spacial score (nSPS) is 11.3. The zero-order chi connectivity index (χ0) is 22.6. The molecule has 3 aromatic rings. The van der Waals surface area contributed by atoms with Gasteiger partial charge >= 0.3 is 0 Å². The quantitative estimate of drug-likeness (QED) is 0.598. The SMILES string of the molecule is CCn1cc(NC(=O)c2ccc(COc3ccc(C(C)(C)C)cc3)o2)c(C(=O)NC)n1. The lowest BCUT2D eigenvalue weighted by Gasteiger charge is -2.19.